The molecule has 0 aliphatic carbocycles. The lowest BCUT2D eigenvalue weighted by atomic mass is 10.0. The van der Waals surface area contributed by atoms with Crippen LogP contribution in [0.5, 0.6) is 0 Å². The summed E-state index contributed by atoms with van der Waals surface area (Å²) in [4.78, 5) is 4.31. The fourth-order valence-electron chi connectivity index (χ4n) is 2.73. The van der Waals surface area contributed by atoms with Gasteiger partial charge in [0.15, 0.2) is 0 Å². The Kier molecular flexibility index (Phi) is 4.74. The van der Waals surface area contributed by atoms with Gasteiger partial charge in [-0.2, -0.15) is 5.26 Å². The molecular weight excluding hydrogens is 298 g/mol. The number of nitriles is 1. The molecule has 1 aromatic heterocycles. The van der Waals surface area contributed by atoms with Gasteiger partial charge in [-0.3, -0.25) is 0 Å². The van der Waals surface area contributed by atoms with Crippen LogP contribution in [0.4, 0.5) is 5.69 Å². The van der Waals surface area contributed by atoms with Gasteiger partial charge in [-0.25, -0.2) is 4.98 Å². The molecule has 0 aliphatic rings. The van der Waals surface area contributed by atoms with Crippen LogP contribution in [0.1, 0.15) is 18.2 Å². The molecule has 0 amide bonds. The molecule has 2 aromatic carbocycles. The maximum Gasteiger partial charge on any atom is 0.143 e. The van der Waals surface area contributed by atoms with Crippen molar-refractivity contribution in [3.8, 4) is 6.07 Å². The van der Waals surface area contributed by atoms with Crippen molar-refractivity contribution in [2.75, 3.05) is 5.32 Å². The van der Waals surface area contributed by atoms with E-state index in [4.69, 9.17) is 0 Å². The molecule has 2 N–H and O–H groups in total. The maximum atomic E-state index is 10.5. The second-order valence-corrected chi connectivity index (χ2v) is 5.87. The van der Waals surface area contributed by atoms with Gasteiger partial charge in [0.1, 0.15) is 11.8 Å². The Morgan fingerprint density at radius 2 is 1.83 bits per heavy atom. The van der Waals surface area contributed by atoms with Gasteiger partial charge >= 0.3 is 0 Å². The number of hydrogen-bond donors (Lipinski definition) is 2. The first-order valence-electron chi connectivity index (χ1n) is 7.96. The molecule has 0 bridgehead atoms. The molecule has 0 fully saturated rings. The lowest BCUT2D eigenvalue weighted by Crippen LogP contribution is -2.32. The highest BCUT2D eigenvalue weighted by Crippen LogP contribution is 2.24. The number of para-hydroxylation sites is 1. The normalized spacial score (nSPS) is 13.2. The highest BCUT2D eigenvalue weighted by Gasteiger charge is 2.16. The van der Waals surface area contributed by atoms with E-state index in [0.29, 0.717) is 12.1 Å². The molecule has 4 heteroatoms. The molecule has 4 nitrogen and oxygen atoms in total. The number of anilines is 1. The van der Waals surface area contributed by atoms with Crippen LogP contribution in [0.25, 0.3) is 10.9 Å². The number of aromatic nitrogens is 1. The Bertz CT molecular complexity index is 871. The number of aliphatic hydroxyl groups excluding tert-OH is 1. The highest BCUT2D eigenvalue weighted by molar-refractivity contribution is 5.91. The first-order valence-corrected chi connectivity index (χ1v) is 7.96. The second kappa shape index (κ2) is 7.12. The number of aliphatic hydroxyl groups is 1. The number of rotatable bonds is 5. The van der Waals surface area contributed by atoms with Gasteiger partial charge in [-0.1, -0.05) is 48.5 Å². The molecule has 2 unspecified atom stereocenters. The van der Waals surface area contributed by atoms with Gasteiger partial charge in [-0.15, -0.1) is 0 Å². The van der Waals surface area contributed by atoms with Gasteiger partial charge in [0.2, 0.25) is 0 Å². The number of nitrogens with one attached hydrogen (secondary N) is 1. The largest absolute Gasteiger partial charge is 0.391 e. The van der Waals surface area contributed by atoms with E-state index in [0.717, 1.165) is 22.2 Å². The van der Waals surface area contributed by atoms with Crippen molar-refractivity contribution in [1.29, 1.82) is 5.26 Å². The summed E-state index contributed by atoms with van der Waals surface area (Å²) in [7, 11) is 0. The molecule has 0 radical (unpaired) electrons. The zero-order valence-electron chi connectivity index (χ0n) is 13.5. The van der Waals surface area contributed by atoms with E-state index in [1.165, 1.54) is 0 Å². The SMILES string of the molecule is CC(Nc1cc(C#N)nc2ccccc12)C(O)Cc1ccccc1. The van der Waals surface area contributed by atoms with Crippen molar-refractivity contribution in [1.82, 2.24) is 4.98 Å². The standard InChI is InChI=1S/C20H19N3O/c1-14(20(24)11-15-7-3-2-4-8-15)22-19-12-16(13-21)23-18-10-6-5-9-17(18)19/h2-10,12,14,20,24H,11H2,1H3,(H,22,23). The molecule has 1 heterocycles. The molecule has 120 valence electrons. The van der Waals surface area contributed by atoms with Crippen molar-refractivity contribution in [3.63, 3.8) is 0 Å². The van der Waals surface area contributed by atoms with E-state index >= 15 is 0 Å². The number of nitrogens with zero attached hydrogens (tertiary/aromatic N) is 2. The van der Waals surface area contributed by atoms with E-state index in [9.17, 15) is 10.4 Å². The summed E-state index contributed by atoms with van der Waals surface area (Å²) in [6.45, 7) is 1.94. The minimum Gasteiger partial charge on any atom is -0.391 e. The predicted octanol–water partition coefficient (Wildman–Crippen LogP) is 3.51. The Balaban J connectivity index is 1.82. The van der Waals surface area contributed by atoms with E-state index < -0.39 is 6.10 Å². The van der Waals surface area contributed by atoms with Crippen LogP contribution in [0.2, 0.25) is 0 Å². The third-order valence-electron chi connectivity index (χ3n) is 4.08. The van der Waals surface area contributed by atoms with E-state index in [2.05, 4.69) is 16.4 Å². The Hall–Kier alpha value is -2.90. The second-order valence-electron chi connectivity index (χ2n) is 5.87. The quantitative estimate of drug-likeness (QED) is 0.755. The molecule has 0 saturated heterocycles. The minimum atomic E-state index is -0.537. The van der Waals surface area contributed by atoms with Gasteiger partial charge in [-0.05, 0) is 24.6 Å². The van der Waals surface area contributed by atoms with Gasteiger partial charge < -0.3 is 10.4 Å². The number of hydrogen-bond acceptors (Lipinski definition) is 4. The molecule has 0 saturated carbocycles. The van der Waals surface area contributed by atoms with E-state index in [1.807, 2.05) is 61.5 Å². The molecular formula is C20H19N3O. The van der Waals surface area contributed by atoms with Crippen molar-refractivity contribution < 1.29 is 5.11 Å². The van der Waals surface area contributed by atoms with Crippen LogP contribution < -0.4 is 5.32 Å². The van der Waals surface area contributed by atoms with Crippen LogP contribution in [-0.4, -0.2) is 22.2 Å². The van der Waals surface area contributed by atoms with E-state index in [-0.39, 0.29) is 6.04 Å². The molecule has 3 aromatic rings. The Labute approximate surface area is 141 Å². The van der Waals surface area contributed by atoms with Crippen LogP contribution in [0.15, 0.2) is 60.7 Å². The third kappa shape index (κ3) is 3.53. The Morgan fingerprint density at radius 1 is 1.12 bits per heavy atom. The average Bonchev–Trinajstić information content (AvgIpc) is 2.62. The maximum absolute atomic E-state index is 10.5. The first kappa shape index (κ1) is 16.0. The molecule has 0 spiro atoms. The summed E-state index contributed by atoms with van der Waals surface area (Å²) >= 11 is 0. The van der Waals surface area contributed by atoms with Crippen molar-refractivity contribution >= 4 is 16.6 Å². The topological polar surface area (TPSA) is 68.9 Å². The fourth-order valence-corrected chi connectivity index (χ4v) is 2.73. The Morgan fingerprint density at radius 3 is 2.58 bits per heavy atom. The zero-order valence-corrected chi connectivity index (χ0v) is 13.5. The minimum absolute atomic E-state index is 0.164. The van der Waals surface area contributed by atoms with Gasteiger partial charge in [0.25, 0.3) is 0 Å². The summed E-state index contributed by atoms with van der Waals surface area (Å²) in [5.74, 6) is 0. The summed E-state index contributed by atoms with van der Waals surface area (Å²) in [5, 5.41) is 23.9. The summed E-state index contributed by atoms with van der Waals surface area (Å²) in [5.41, 5.74) is 3.04. The van der Waals surface area contributed by atoms with Gasteiger partial charge in [0.05, 0.1) is 11.6 Å². The summed E-state index contributed by atoms with van der Waals surface area (Å²) < 4.78 is 0. The molecule has 2 atom stereocenters. The monoisotopic (exact) mass is 317 g/mol. The van der Waals surface area contributed by atoms with Crippen LogP contribution in [-0.2, 0) is 6.42 Å². The average molecular weight is 317 g/mol. The highest BCUT2D eigenvalue weighted by atomic mass is 16.3. The fraction of sp³-hybridized carbons (Fsp3) is 0.200. The molecule has 0 aliphatic heterocycles. The molecule has 3 rings (SSSR count). The third-order valence-corrected chi connectivity index (χ3v) is 4.08. The van der Waals surface area contributed by atoms with Crippen molar-refractivity contribution in [2.24, 2.45) is 0 Å². The molecule has 24 heavy (non-hydrogen) atoms. The van der Waals surface area contributed by atoms with E-state index in [1.54, 1.807) is 6.07 Å². The van der Waals surface area contributed by atoms with Crippen LogP contribution in [0, 0.1) is 11.3 Å². The zero-order chi connectivity index (χ0) is 16.9. The summed E-state index contributed by atoms with van der Waals surface area (Å²) in [6.07, 6.45) is 0.0354. The number of pyridine rings is 1. The lowest BCUT2D eigenvalue weighted by Gasteiger charge is -2.22. The number of fused-ring (bicyclic) bond motifs is 1. The van der Waals surface area contributed by atoms with Gasteiger partial charge in [0, 0.05) is 23.5 Å². The van der Waals surface area contributed by atoms with Crippen molar-refractivity contribution in [2.45, 2.75) is 25.5 Å². The predicted molar refractivity (Wildman–Crippen MR) is 95.7 cm³/mol. The smallest absolute Gasteiger partial charge is 0.143 e. The summed E-state index contributed by atoms with van der Waals surface area (Å²) in [6, 6.07) is 21.2. The lowest BCUT2D eigenvalue weighted by molar-refractivity contribution is 0.158. The van der Waals surface area contributed by atoms with Crippen LogP contribution >= 0.6 is 0 Å². The first-order chi connectivity index (χ1) is 11.7. The van der Waals surface area contributed by atoms with Crippen molar-refractivity contribution in [3.05, 3.63) is 71.9 Å². The number of benzene rings is 2. The van der Waals surface area contributed by atoms with Crippen LogP contribution in [0.3, 0.4) is 0 Å².